The van der Waals surface area contributed by atoms with Crippen LogP contribution in [-0.4, -0.2) is 30.4 Å². The topological polar surface area (TPSA) is 55.8 Å². The quantitative estimate of drug-likeness (QED) is 0.784. The molecular formula is C10H10O4. The number of rotatable bonds is 3. The summed E-state index contributed by atoms with van der Waals surface area (Å²) < 4.78 is 10.4. The average Bonchev–Trinajstić information content (AvgIpc) is 2.12. The molecule has 1 aromatic carbocycles. The molecule has 14 heavy (non-hydrogen) atoms. The van der Waals surface area contributed by atoms with Crippen molar-refractivity contribution in [1.82, 2.24) is 0 Å². The number of ether oxygens (including phenoxy) is 2. The van der Waals surface area contributed by atoms with Gasteiger partial charge in [0, 0.05) is 0 Å². The van der Waals surface area contributed by atoms with Crippen LogP contribution < -0.4 is 4.74 Å². The van der Waals surface area contributed by atoms with E-state index in [0.717, 1.165) is 0 Å². The van der Waals surface area contributed by atoms with Gasteiger partial charge in [-0.3, -0.25) is 0 Å². The highest BCUT2D eigenvalue weighted by molar-refractivity contribution is 5.90. The number of hydrogen-bond donors (Lipinski definition) is 1. The predicted octanol–water partition coefficient (Wildman–Crippen LogP) is 1.16. The molecule has 4 heteroatoms. The summed E-state index contributed by atoms with van der Waals surface area (Å²) in [6.45, 7) is 1.07. The third-order valence-corrected chi connectivity index (χ3v) is 2.02. The molecule has 0 radical (unpaired) electrons. The van der Waals surface area contributed by atoms with Gasteiger partial charge in [0.05, 0.1) is 13.2 Å². The van der Waals surface area contributed by atoms with Crippen LogP contribution >= 0.6 is 0 Å². The van der Waals surface area contributed by atoms with Gasteiger partial charge in [-0.25, -0.2) is 4.79 Å². The summed E-state index contributed by atoms with van der Waals surface area (Å²) in [5, 5.41) is 8.86. The van der Waals surface area contributed by atoms with Gasteiger partial charge in [0.15, 0.2) is 0 Å². The molecule has 0 amide bonds. The fourth-order valence-electron chi connectivity index (χ4n) is 1.21. The number of para-hydroxylation sites is 1. The fraction of sp³-hybridized carbons (Fsp3) is 0.300. The number of aromatic carboxylic acids is 1. The zero-order valence-corrected chi connectivity index (χ0v) is 7.47. The molecule has 0 saturated carbocycles. The lowest BCUT2D eigenvalue weighted by Crippen LogP contribution is -2.38. The Kier molecular flexibility index (Phi) is 2.37. The first-order valence-electron chi connectivity index (χ1n) is 4.34. The lowest BCUT2D eigenvalue weighted by molar-refractivity contribution is -0.0799. The highest BCUT2D eigenvalue weighted by Gasteiger charge is 2.22. The van der Waals surface area contributed by atoms with E-state index in [0.29, 0.717) is 19.0 Å². The zero-order valence-electron chi connectivity index (χ0n) is 7.47. The number of benzene rings is 1. The minimum atomic E-state index is -0.971. The maximum atomic E-state index is 10.8. The molecule has 0 atom stereocenters. The first-order chi connectivity index (χ1) is 6.77. The molecule has 1 N–H and O–H groups in total. The van der Waals surface area contributed by atoms with Crippen molar-refractivity contribution in [2.75, 3.05) is 13.2 Å². The molecule has 1 heterocycles. The maximum absolute atomic E-state index is 10.8. The van der Waals surface area contributed by atoms with Crippen molar-refractivity contribution in [2.45, 2.75) is 6.10 Å². The Morgan fingerprint density at radius 2 is 2.14 bits per heavy atom. The van der Waals surface area contributed by atoms with Crippen molar-refractivity contribution in [2.24, 2.45) is 0 Å². The molecule has 1 aromatic rings. The van der Waals surface area contributed by atoms with Crippen LogP contribution in [0.15, 0.2) is 24.3 Å². The summed E-state index contributed by atoms with van der Waals surface area (Å²) in [6.07, 6.45) is -0.00417. The molecule has 0 spiro atoms. The smallest absolute Gasteiger partial charge is 0.339 e. The summed E-state index contributed by atoms with van der Waals surface area (Å²) in [5.41, 5.74) is 0.194. The van der Waals surface area contributed by atoms with Gasteiger partial charge in [-0.05, 0) is 12.1 Å². The minimum absolute atomic E-state index is 0.00417. The Labute approximate surface area is 81.1 Å². The summed E-state index contributed by atoms with van der Waals surface area (Å²) >= 11 is 0. The molecule has 0 aliphatic carbocycles. The summed E-state index contributed by atoms with van der Waals surface area (Å²) in [5.74, 6) is -0.561. The Hall–Kier alpha value is -1.55. The van der Waals surface area contributed by atoms with Crippen LogP contribution in [-0.2, 0) is 4.74 Å². The summed E-state index contributed by atoms with van der Waals surface area (Å²) in [4.78, 5) is 10.8. The largest absolute Gasteiger partial charge is 0.485 e. The molecule has 1 saturated heterocycles. The van der Waals surface area contributed by atoms with E-state index < -0.39 is 5.97 Å². The molecule has 4 nitrogen and oxygen atoms in total. The van der Waals surface area contributed by atoms with Crippen LogP contribution in [0.1, 0.15) is 10.4 Å². The van der Waals surface area contributed by atoms with Crippen LogP contribution in [0.25, 0.3) is 0 Å². The maximum Gasteiger partial charge on any atom is 0.339 e. The molecule has 1 aliphatic rings. The molecular weight excluding hydrogens is 184 g/mol. The van der Waals surface area contributed by atoms with Crippen LogP contribution in [0.2, 0.25) is 0 Å². The fourth-order valence-corrected chi connectivity index (χ4v) is 1.21. The normalized spacial score (nSPS) is 16.0. The van der Waals surface area contributed by atoms with Crippen LogP contribution in [0.3, 0.4) is 0 Å². The van der Waals surface area contributed by atoms with E-state index in [4.69, 9.17) is 14.6 Å². The number of hydrogen-bond acceptors (Lipinski definition) is 3. The summed E-state index contributed by atoms with van der Waals surface area (Å²) in [6, 6.07) is 6.61. The van der Waals surface area contributed by atoms with Crippen molar-refractivity contribution in [3.05, 3.63) is 29.8 Å². The van der Waals surface area contributed by atoms with Gasteiger partial charge < -0.3 is 14.6 Å². The van der Waals surface area contributed by atoms with Gasteiger partial charge in [0.25, 0.3) is 0 Å². The molecule has 2 rings (SSSR count). The third-order valence-electron chi connectivity index (χ3n) is 2.02. The molecule has 0 bridgehead atoms. The van der Waals surface area contributed by atoms with Crippen molar-refractivity contribution >= 4 is 5.97 Å². The Morgan fingerprint density at radius 1 is 1.43 bits per heavy atom. The highest BCUT2D eigenvalue weighted by atomic mass is 16.6. The van der Waals surface area contributed by atoms with E-state index in [1.165, 1.54) is 6.07 Å². The molecule has 1 aliphatic heterocycles. The first-order valence-corrected chi connectivity index (χ1v) is 4.34. The van der Waals surface area contributed by atoms with E-state index in [-0.39, 0.29) is 11.7 Å². The van der Waals surface area contributed by atoms with Gasteiger partial charge in [0.2, 0.25) is 0 Å². The standard InChI is InChI=1S/C10H10O4/c11-10(12)8-3-1-2-4-9(8)14-7-5-13-6-7/h1-4,7H,5-6H2,(H,11,12). The van der Waals surface area contributed by atoms with Gasteiger partial charge in [-0.1, -0.05) is 12.1 Å². The molecule has 74 valence electrons. The van der Waals surface area contributed by atoms with E-state index >= 15 is 0 Å². The van der Waals surface area contributed by atoms with E-state index in [1.807, 2.05) is 0 Å². The van der Waals surface area contributed by atoms with Crippen molar-refractivity contribution in [3.63, 3.8) is 0 Å². The predicted molar refractivity (Wildman–Crippen MR) is 48.6 cm³/mol. The second-order valence-electron chi connectivity index (χ2n) is 3.08. The Bertz CT molecular complexity index is 344. The van der Waals surface area contributed by atoms with Gasteiger partial charge in [-0.2, -0.15) is 0 Å². The second-order valence-corrected chi connectivity index (χ2v) is 3.08. The SMILES string of the molecule is O=C(O)c1ccccc1OC1COC1. The molecule has 0 unspecified atom stereocenters. The van der Waals surface area contributed by atoms with E-state index in [2.05, 4.69) is 0 Å². The van der Waals surface area contributed by atoms with E-state index in [9.17, 15) is 4.79 Å². The Balaban J connectivity index is 2.17. The first kappa shape index (κ1) is 9.02. The van der Waals surface area contributed by atoms with Crippen molar-refractivity contribution in [1.29, 1.82) is 0 Å². The summed E-state index contributed by atoms with van der Waals surface area (Å²) in [7, 11) is 0. The Morgan fingerprint density at radius 3 is 2.71 bits per heavy atom. The number of carboxylic acid groups (broad SMARTS) is 1. The van der Waals surface area contributed by atoms with Gasteiger partial charge in [-0.15, -0.1) is 0 Å². The minimum Gasteiger partial charge on any atom is -0.485 e. The lowest BCUT2D eigenvalue weighted by atomic mass is 10.2. The van der Waals surface area contributed by atoms with E-state index in [1.54, 1.807) is 18.2 Å². The van der Waals surface area contributed by atoms with Gasteiger partial charge >= 0.3 is 5.97 Å². The zero-order chi connectivity index (χ0) is 9.97. The average molecular weight is 194 g/mol. The van der Waals surface area contributed by atoms with Crippen LogP contribution in [0.4, 0.5) is 0 Å². The number of carboxylic acids is 1. The highest BCUT2D eigenvalue weighted by Crippen LogP contribution is 2.21. The monoisotopic (exact) mass is 194 g/mol. The number of carbonyl (C=O) groups is 1. The van der Waals surface area contributed by atoms with Crippen LogP contribution in [0.5, 0.6) is 5.75 Å². The van der Waals surface area contributed by atoms with Gasteiger partial charge in [0.1, 0.15) is 17.4 Å². The van der Waals surface area contributed by atoms with Crippen molar-refractivity contribution < 1.29 is 19.4 Å². The van der Waals surface area contributed by atoms with Crippen LogP contribution in [0, 0.1) is 0 Å². The van der Waals surface area contributed by atoms with Crippen molar-refractivity contribution in [3.8, 4) is 5.75 Å². The lowest BCUT2D eigenvalue weighted by Gasteiger charge is -2.27. The second kappa shape index (κ2) is 3.67. The molecule has 1 fully saturated rings. The third kappa shape index (κ3) is 1.70. The molecule has 0 aromatic heterocycles.